The fourth-order valence-electron chi connectivity index (χ4n) is 2.05. The Balaban J connectivity index is 1.89. The molecule has 1 aromatic rings. The molecule has 0 radical (unpaired) electrons. The number of hydrogen-bond acceptors (Lipinski definition) is 4. The smallest absolute Gasteiger partial charge is 0.425 e. The Morgan fingerprint density at radius 1 is 1.11 bits per heavy atom. The van der Waals surface area contributed by atoms with Crippen LogP contribution in [0.3, 0.4) is 0 Å². The molecular weight excluding hydrogens is 247 g/mol. The van der Waals surface area contributed by atoms with E-state index in [0.717, 1.165) is 17.0 Å². The van der Waals surface area contributed by atoms with Gasteiger partial charge in [-0.1, -0.05) is 12.1 Å². The molecule has 96 valence electrons. The maximum absolute atomic E-state index is 6.03. The topological polar surface area (TPSA) is 27.7 Å². The van der Waals surface area contributed by atoms with Crippen molar-refractivity contribution in [3.8, 4) is 5.75 Å². The van der Waals surface area contributed by atoms with E-state index in [-0.39, 0.29) is 18.3 Å². The highest BCUT2D eigenvalue weighted by molar-refractivity contribution is 7.94. The lowest BCUT2D eigenvalue weighted by atomic mass is 9.78. The molecule has 0 saturated carbocycles. The lowest BCUT2D eigenvalue weighted by molar-refractivity contribution is 0.00578. The fraction of sp³-hybridized carbons (Fsp3) is 0.538. The Morgan fingerprint density at radius 2 is 1.78 bits per heavy atom. The van der Waals surface area contributed by atoms with Gasteiger partial charge in [0.2, 0.25) is 0 Å². The van der Waals surface area contributed by atoms with Crippen LogP contribution in [-0.4, -0.2) is 18.3 Å². The van der Waals surface area contributed by atoms with Crippen LogP contribution < -0.4 is 9.65 Å². The van der Waals surface area contributed by atoms with Gasteiger partial charge >= 0.3 is 7.12 Å². The predicted molar refractivity (Wildman–Crippen MR) is 74.1 cm³/mol. The predicted octanol–water partition coefficient (Wildman–Crippen LogP) is 2.53. The van der Waals surface area contributed by atoms with Crippen LogP contribution in [0.15, 0.2) is 18.2 Å². The largest absolute Gasteiger partial charge is 0.494 e. The van der Waals surface area contributed by atoms with Crippen LogP contribution in [-0.2, 0) is 15.1 Å². The Hall–Kier alpha value is -0.645. The number of benzene rings is 1. The molecule has 2 heterocycles. The molecule has 1 saturated heterocycles. The Labute approximate surface area is 113 Å². The zero-order valence-electron chi connectivity index (χ0n) is 11.1. The van der Waals surface area contributed by atoms with Gasteiger partial charge in [0.1, 0.15) is 5.75 Å². The van der Waals surface area contributed by atoms with Crippen LogP contribution >= 0.6 is 12.0 Å². The van der Waals surface area contributed by atoms with Gasteiger partial charge < -0.3 is 13.5 Å². The molecule has 0 aliphatic carbocycles. The minimum Gasteiger partial charge on any atom is -0.425 e. The first-order chi connectivity index (χ1) is 8.39. The Kier molecular flexibility index (Phi) is 2.70. The first-order valence-corrected chi connectivity index (χ1v) is 7.08. The van der Waals surface area contributed by atoms with Crippen molar-refractivity contribution >= 4 is 24.6 Å². The molecule has 0 aromatic heterocycles. The molecular formula is C13H17BO3S. The molecule has 0 unspecified atom stereocenters. The maximum Gasteiger partial charge on any atom is 0.494 e. The van der Waals surface area contributed by atoms with Crippen molar-refractivity contribution in [1.82, 2.24) is 0 Å². The summed E-state index contributed by atoms with van der Waals surface area (Å²) in [5.74, 6) is 1.85. The van der Waals surface area contributed by atoms with Gasteiger partial charge in [-0.25, -0.2) is 0 Å². The highest BCUT2D eigenvalue weighted by atomic mass is 32.2. The molecule has 5 heteroatoms. The normalized spacial score (nSPS) is 23.9. The summed E-state index contributed by atoms with van der Waals surface area (Å²) < 4.78 is 17.6. The summed E-state index contributed by atoms with van der Waals surface area (Å²) in [4.78, 5) is 0. The fourth-order valence-corrected chi connectivity index (χ4v) is 2.76. The van der Waals surface area contributed by atoms with Crippen LogP contribution in [0.4, 0.5) is 0 Å². The van der Waals surface area contributed by atoms with Crippen molar-refractivity contribution in [2.24, 2.45) is 0 Å². The van der Waals surface area contributed by atoms with Crippen LogP contribution in [0, 0.1) is 0 Å². The minimum atomic E-state index is -0.311. The van der Waals surface area contributed by atoms with Crippen molar-refractivity contribution in [1.29, 1.82) is 0 Å². The molecule has 3 rings (SSSR count). The monoisotopic (exact) mass is 264 g/mol. The Bertz CT molecular complexity index is 471. The van der Waals surface area contributed by atoms with E-state index in [9.17, 15) is 0 Å². The molecule has 0 N–H and O–H groups in total. The van der Waals surface area contributed by atoms with Gasteiger partial charge in [-0.05, 0) is 39.2 Å². The molecule has 0 amide bonds. The second kappa shape index (κ2) is 3.92. The molecule has 1 aromatic carbocycles. The number of fused-ring (bicyclic) bond motifs is 1. The van der Waals surface area contributed by atoms with Gasteiger partial charge in [0.25, 0.3) is 0 Å². The number of rotatable bonds is 1. The van der Waals surface area contributed by atoms with Crippen molar-refractivity contribution in [2.45, 2.75) is 44.6 Å². The third-order valence-electron chi connectivity index (χ3n) is 3.98. The van der Waals surface area contributed by atoms with Gasteiger partial charge in [0.05, 0.1) is 29.0 Å². The van der Waals surface area contributed by atoms with E-state index >= 15 is 0 Å². The maximum atomic E-state index is 6.03. The van der Waals surface area contributed by atoms with E-state index in [0.29, 0.717) is 0 Å². The van der Waals surface area contributed by atoms with Gasteiger partial charge in [0.15, 0.2) is 0 Å². The molecule has 3 nitrogen and oxygen atoms in total. The summed E-state index contributed by atoms with van der Waals surface area (Å²) in [5, 5.41) is 0. The molecule has 1 fully saturated rings. The average Bonchev–Trinajstić information content (AvgIpc) is 2.80. The third kappa shape index (κ3) is 1.85. The molecule has 0 spiro atoms. The lowest BCUT2D eigenvalue weighted by Crippen LogP contribution is -2.41. The first kappa shape index (κ1) is 12.4. The van der Waals surface area contributed by atoms with E-state index in [4.69, 9.17) is 13.5 Å². The molecule has 18 heavy (non-hydrogen) atoms. The average molecular weight is 264 g/mol. The van der Waals surface area contributed by atoms with Crippen LogP contribution in [0.2, 0.25) is 0 Å². The highest BCUT2D eigenvalue weighted by Gasteiger charge is 2.51. The van der Waals surface area contributed by atoms with E-state index in [1.165, 1.54) is 17.6 Å². The van der Waals surface area contributed by atoms with E-state index < -0.39 is 0 Å². The van der Waals surface area contributed by atoms with Crippen molar-refractivity contribution in [3.63, 3.8) is 0 Å². The van der Waals surface area contributed by atoms with Gasteiger partial charge in [-0.15, -0.1) is 0 Å². The summed E-state index contributed by atoms with van der Waals surface area (Å²) in [6, 6.07) is 6.18. The Morgan fingerprint density at radius 3 is 2.44 bits per heavy atom. The summed E-state index contributed by atoms with van der Waals surface area (Å²) in [6.07, 6.45) is 0. The third-order valence-corrected chi connectivity index (χ3v) is 4.71. The summed E-state index contributed by atoms with van der Waals surface area (Å²) in [7, 11) is -0.311. The van der Waals surface area contributed by atoms with Crippen LogP contribution in [0.25, 0.3) is 0 Å². The summed E-state index contributed by atoms with van der Waals surface area (Å²) in [6.45, 7) is 8.25. The van der Waals surface area contributed by atoms with Crippen molar-refractivity contribution in [2.75, 3.05) is 0 Å². The zero-order valence-corrected chi connectivity index (χ0v) is 12.0. The summed E-state index contributed by atoms with van der Waals surface area (Å²) >= 11 is 1.47. The van der Waals surface area contributed by atoms with E-state index in [2.05, 4.69) is 39.8 Å². The summed E-state index contributed by atoms with van der Waals surface area (Å²) in [5.41, 5.74) is 1.66. The molecule has 2 aliphatic rings. The SMILES string of the molecule is CC1(C)OB(c2ccc3c(c2)OSC3)OC1(C)C. The highest BCUT2D eigenvalue weighted by Crippen LogP contribution is 2.38. The van der Waals surface area contributed by atoms with Gasteiger partial charge in [-0.3, -0.25) is 0 Å². The van der Waals surface area contributed by atoms with Gasteiger partial charge in [0, 0.05) is 5.56 Å². The minimum absolute atomic E-state index is 0.299. The standard InChI is InChI=1S/C13H17BO3S/c1-12(2)13(3,4)17-14(16-12)10-6-5-9-8-18-15-11(9)7-10/h5-7H,8H2,1-4H3. The number of hydrogen-bond donors (Lipinski definition) is 0. The van der Waals surface area contributed by atoms with E-state index in [1.54, 1.807) is 0 Å². The molecule has 2 aliphatic heterocycles. The van der Waals surface area contributed by atoms with E-state index in [1.807, 2.05) is 6.07 Å². The van der Waals surface area contributed by atoms with Crippen molar-refractivity contribution in [3.05, 3.63) is 23.8 Å². The lowest BCUT2D eigenvalue weighted by Gasteiger charge is -2.32. The first-order valence-electron chi connectivity index (χ1n) is 6.17. The van der Waals surface area contributed by atoms with Gasteiger partial charge in [-0.2, -0.15) is 0 Å². The molecule has 0 bridgehead atoms. The van der Waals surface area contributed by atoms with Crippen molar-refractivity contribution < 1.29 is 13.5 Å². The van der Waals surface area contributed by atoms with Crippen LogP contribution in [0.5, 0.6) is 5.75 Å². The second-order valence-corrected chi connectivity index (χ2v) is 6.49. The van der Waals surface area contributed by atoms with Crippen LogP contribution in [0.1, 0.15) is 33.3 Å². The quantitative estimate of drug-likeness (QED) is 0.575. The second-order valence-electron chi connectivity index (χ2n) is 5.80. The molecule has 0 atom stereocenters. The zero-order chi connectivity index (χ0) is 13.0.